The minimum atomic E-state index is -0.257. The summed E-state index contributed by atoms with van der Waals surface area (Å²) in [5.74, 6) is -0.424. The van der Waals surface area contributed by atoms with Crippen molar-refractivity contribution in [2.45, 2.75) is 26.7 Å². The van der Waals surface area contributed by atoms with Crippen molar-refractivity contribution in [2.75, 3.05) is 13.2 Å². The Kier molecular flexibility index (Phi) is 6.26. The first-order chi connectivity index (χ1) is 13.5. The maximum atomic E-state index is 14.0. The van der Waals surface area contributed by atoms with Crippen LogP contribution in [0.25, 0.3) is 17.0 Å². The fourth-order valence-electron chi connectivity index (χ4n) is 3.42. The Hall–Kier alpha value is -2.92. The van der Waals surface area contributed by atoms with Crippen LogP contribution in [0.4, 0.5) is 4.39 Å². The van der Waals surface area contributed by atoms with Gasteiger partial charge in [-0.05, 0) is 61.1 Å². The molecule has 0 aliphatic carbocycles. The summed E-state index contributed by atoms with van der Waals surface area (Å²) >= 11 is 0. The summed E-state index contributed by atoms with van der Waals surface area (Å²) in [4.78, 5) is 15.2. The first-order valence-corrected chi connectivity index (χ1v) is 9.41. The fraction of sp³-hybridized carbons (Fsp3) is 0.261. The van der Waals surface area contributed by atoms with Crippen molar-refractivity contribution in [3.8, 4) is 0 Å². The zero-order valence-electron chi connectivity index (χ0n) is 16.2. The van der Waals surface area contributed by atoms with E-state index in [2.05, 4.69) is 10.3 Å². The third-order valence-electron chi connectivity index (χ3n) is 4.91. The molecule has 0 aliphatic heterocycles. The number of benzene rings is 2. The van der Waals surface area contributed by atoms with Gasteiger partial charge in [-0.3, -0.25) is 4.79 Å². The van der Waals surface area contributed by atoms with Crippen LogP contribution in [0, 0.1) is 19.7 Å². The first-order valence-electron chi connectivity index (χ1n) is 9.41. The highest BCUT2D eigenvalue weighted by Crippen LogP contribution is 2.27. The third kappa shape index (κ3) is 4.49. The van der Waals surface area contributed by atoms with Crippen LogP contribution in [0.3, 0.4) is 0 Å². The lowest BCUT2D eigenvalue weighted by Crippen LogP contribution is -2.23. The number of aryl methyl sites for hydroxylation is 2. The van der Waals surface area contributed by atoms with Crippen LogP contribution >= 0.6 is 0 Å². The number of halogens is 1. The lowest BCUT2D eigenvalue weighted by molar-refractivity contribution is -0.116. The summed E-state index contributed by atoms with van der Waals surface area (Å²) in [6, 6.07) is 11.0. The van der Waals surface area contributed by atoms with Crippen molar-refractivity contribution in [1.82, 2.24) is 10.3 Å². The molecule has 0 fully saturated rings. The summed E-state index contributed by atoms with van der Waals surface area (Å²) in [5.41, 5.74) is 5.50. The van der Waals surface area contributed by atoms with Gasteiger partial charge in [0.25, 0.3) is 0 Å². The van der Waals surface area contributed by atoms with E-state index < -0.39 is 0 Å². The lowest BCUT2D eigenvalue weighted by Gasteiger charge is -2.05. The number of carbonyl (C=O) groups is 1. The van der Waals surface area contributed by atoms with Crippen LogP contribution < -0.4 is 5.32 Å². The molecule has 3 aromatic rings. The number of H-pyrrole nitrogens is 1. The Morgan fingerprint density at radius 3 is 2.61 bits per heavy atom. The van der Waals surface area contributed by atoms with E-state index in [1.54, 1.807) is 12.1 Å². The molecule has 0 atom stereocenters. The number of nitrogens with one attached hydrogen (secondary N) is 2. The van der Waals surface area contributed by atoms with E-state index >= 15 is 0 Å². The van der Waals surface area contributed by atoms with Crippen molar-refractivity contribution in [1.29, 1.82) is 0 Å². The number of rotatable bonds is 7. The number of amides is 1. The second kappa shape index (κ2) is 8.85. The van der Waals surface area contributed by atoms with E-state index in [9.17, 15) is 9.18 Å². The molecule has 0 bridgehead atoms. The second-order valence-electron chi connectivity index (χ2n) is 6.93. The van der Waals surface area contributed by atoms with E-state index in [1.165, 1.54) is 12.1 Å². The summed E-state index contributed by atoms with van der Waals surface area (Å²) in [5, 5.41) is 12.7. The SMILES string of the molecule is Cc1[nH]c2c(F)ccc(C)c2c1CCNC(=O)C=Cc1ccc(CCO)cc1. The standard InChI is InChI=1S/C23H25FN2O2/c1-15-3-9-20(24)23-22(15)19(16(2)26-23)11-13-25-21(28)10-8-17-4-6-18(7-5-17)12-14-27/h3-10,26-27H,11-14H2,1-2H3,(H,25,28). The highest BCUT2D eigenvalue weighted by atomic mass is 19.1. The molecule has 0 saturated heterocycles. The molecule has 3 N–H and O–H groups in total. The number of fused-ring (bicyclic) bond motifs is 1. The zero-order chi connectivity index (χ0) is 20.1. The topological polar surface area (TPSA) is 65.1 Å². The van der Waals surface area contributed by atoms with Crippen LogP contribution in [0.2, 0.25) is 0 Å². The fourth-order valence-corrected chi connectivity index (χ4v) is 3.42. The summed E-state index contributed by atoms with van der Waals surface area (Å²) in [6.45, 7) is 4.49. The van der Waals surface area contributed by atoms with Crippen LogP contribution in [0.1, 0.15) is 27.9 Å². The van der Waals surface area contributed by atoms with E-state index in [1.807, 2.05) is 38.1 Å². The van der Waals surface area contributed by atoms with Crippen LogP contribution in [-0.4, -0.2) is 29.1 Å². The van der Waals surface area contributed by atoms with E-state index in [4.69, 9.17) is 5.11 Å². The van der Waals surface area contributed by atoms with Gasteiger partial charge in [-0.25, -0.2) is 4.39 Å². The number of carbonyl (C=O) groups excluding carboxylic acids is 1. The summed E-state index contributed by atoms with van der Waals surface area (Å²) in [7, 11) is 0. The molecule has 5 heteroatoms. The molecule has 0 radical (unpaired) electrons. The Morgan fingerprint density at radius 1 is 1.14 bits per heavy atom. The molecule has 1 heterocycles. The Balaban J connectivity index is 1.59. The maximum Gasteiger partial charge on any atom is 0.244 e. The molecule has 4 nitrogen and oxygen atoms in total. The minimum Gasteiger partial charge on any atom is -0.396 e. The van der Waals surface area contributed by atoms with Gasteiger partial charge in [0.1, 0.15) is 5.82 Å². The quantitative estimate of drug-likeness (QED) is 0.546. The highest BCUT2D eigenvalue weighted by molar-refractivity contribution is 5.92. The minimum absolute atomic E-state index is 0.125. The van der Waals surface area contributed by atoms with Crippen LogP contribution in [0.15, 0.2) is 42.5 Å². The molecule has 1 amide bonds. The van der Waals surface area contributed by atoms with E-state index in [-0.39, 0.29) is 18.3 Å². The first kappa shape index (κ1) is 19.8. The molecule has 0 unspecified atom stereocenters. The predicted molar refractivity (Wildman–Crippen MR) is 111 cm³/mol. The van der Waals surface area contributed by atoms with Gasteiger partial charge >= 0.3 is 0 Å². The predicted octanol–water partition coefficient (Wildman–Crippen LogP) is 3.83. The van der Waals surface area contributed by atoms with E-state index in [0.29, 0.717) is 24.9 Å². The van der Waals surface area contributed by atoms with Gasteiger partial charge in [0.15, 0.2) is 0 Å². The average molecular weight is 380 g/mol. The van der Waals surface area contributed by atoms with Gasteiger partial charge in [-0.1, -0.05) is 30.3 Å². The van der Waals surface area contributed by atoms with Gasteiger partial charge in [-0.2, -0.15) is 0 Å². The normalized spacial score (nSPS) is 11.4. The zero-order valence-corrected chi connectivity index (χ0v) is 16.2. The number of aromatic nitrogens is 1. The third-order valence-corrected chi connectivity index (χ3v) is 4.91. The second-order valence-corrected chi connectivity index (χ2v) is 6.93. The molecule has 28 heavy (non-hydrogen) atoms. The molecule has 1 aromatic heterocycles. The summed E-state index contributed by atoms with van der Waals surface area (Å²) in [6.07, 6.45) is 4.52. The van der Waals surface area contributed by atoms with Crippen LogP contribution in [0.5, 0.6) is 0 Å². The number of aliphatic hydroxyl groups excluding tert-OH is 1. The number of aromatic amines is 1. The molecule has 0 spiro atoms. The Labute approximate surface area is 164 Å². The van der Waals surface area contributed by atoms with Gasteiger partial charge in [0.2, 0.25) is 5.91 Å². The lowest BCUT2D eigenvalue weighted by atomic mass is 10.0. The monoisotopic (exact) mass is 380 g/mol. The molecule has 146 valence electrons. The Bertz CT molecular complexity index is 1000. The van der Waals surface area contributed by atoms with Crippen molar-refractivity contribution >= 4 is 22.9 Å². The van der Waals surface area contributed by atoms with Gasteiger partial charge in [0, 0.05) is 30.3 Å². The Morgan fingerprint density at radius 2 is 1.89 bits per heavy atom. The van der Waals surface area contributed by atoms with Crippen molar-refractivity contribution in [3.05, 3.63) is 76.2 Å². The maximum absolute atomic E-state index is 14.0. The number of hydrogen-bond acceptors (Lipinski definition) is 2. The molecular formula is C23H25FN2O2. The molecule has 0 saturated carbocycles. The van der Waals surface area contributed by atoms with E-state index in [0.717, 1.165) is 33.3 Å². The smallest absolute Gasteiger partial charge is 0.244 e. The number of hydrogen-bond donors (Lipinski definition) is 3. The summed E-state index contributed by atoms with van der Waals surface area (Å²) < 4.78 is 14.0. The van der Waals surface area contributed by atoms with Crippen molar-refractivity contribution in [2.24, 2.45) is 0 Å². The number of aliphatic hydroxyl groups is 1. The molecular weight excluding hydrogens is 355 g/mol. The van der Waals surface area contributed by atoms with Gasteiger partial charge in [0.05, 0.1) is 5.52 Å². The van der Waals surface area contributed by atoms with Crippen molar-refractivity contribution < 1.29 is 14.3 Å². The highest BCUT2D eigenvalue weighted by Gasteiger charge is 2.13. The molecule has 2 aromatic carbocycles. The molecule has 3 rings (SSSR count). The van der Waals surface area contributed by atoms with Crippen molar-refractivity contribution in [3.63, 3.8) is 0 Å². The largest absolute Gasteiger partial charge is 0.396 e. The molecule has 0 aliphatic rings. The van der Waals surface area contributed by atoms with Crippen LogP contribution in [-0.2, 0) is 17.6 Å². The van der Waals surface area contributed by atoms with Gasteiger partial charge < -0.3 is 15.4 Å². The average Bonchev–Trinajstić information content (AvgIpc) is 3.02. The van der Waals surface area contributed by atoms with Gasteiger partial charge in [-0.15, -0.1) is 0 Å².